The van der Waals surface area contributed by atoms with Crippen molar-refractivity contribution in [3.8, 4) is 0 Å². The second-order valence-electron chi connectivity index (χ2n) is 5.40. The van der Waals surface area contributed by atoms with E-state index in [1.165, 1.54) is 18.2 Å². The molecule has 22 heavy (non-hydrogen) atoms. The van der Waals surface area contributed by atoms with Gasteiger partial charge in [-0.05, 0) is 31.9 Å². The molecule has 1 aliphatic rings. The molecule has 1 aliphatic carbocycles. The van der Waals surface area contributed by atoms with Crippen molar-refractivity contribution in [1.29, 1.82) is 0 Å². The lowest BCUT2D eigenvalue weighted by Crippen LogP contribution is -2.46. The number of alkyl halides is 3. The minimum absolute atomic E-state index is 0.124. The number of amides is 1. The molecule has 1 fully saturated rings. The van der Waals surface area contributed by atoms with Gasteiger partial charge in [0, 0.05) is 6.61 Å². The summed E-state index contributed by atoms with van der Waals surface area (Å²) in [6, 6.07) is 4.61. The molecule has 2 rings (SSSR count). The van der Waals surface area contributed by atoms with E-state index in [1.54, 1.807) is 0 Å². The van der Waals surface area contributed by atoms with Crippen LogP contribution in [0, 0.1) is 0 Å². The van der Waals surface area contributed by atoms with E-state index in [9.17, 15) is 18.0 Å². The van der Waals surface area contributed by atoms with Crippen LogP contribution < -0.4 is 5.32 Å². The highest BCUT2D eigenvalue weighted by Gasteiger charge is 2.36. The molecule has 122 valence electrons. The zero-order valence-electron chi connectivity index (χ0n) is 12.5. The van der Waals surface area contributed by atoms with Crippen LogP contribution in [0.25, 0.3) is 0 Å². The Kier molecular flexibility index (Phi) is 5.45. The topological polar surface area (TPSA) is 38.3 Å². The molecule has 1 aromatic carbocycles. The SMILES string of the molecule is CCO[C@@H]1CCCC[C@H]1NC(=O)c1ccccc1C(F)(F)F. The first kappa shape index (κ1) is 16.8. The molecule has 0 saturated heterocycles. The standard InChI is InChI=1S/C16H20F3NO2/c1-2-22-14-10-6-5-9-13(14)20-15(21)11-7-3-4-8-12(11)16(17,18)19/h3-4,7-8,13-14H,2,5-6,9-10H2,1H3,(H,20,21)/t13-,14-/m1/s1. The van der Waals surface area contributed by atoms with Crippen molar-refractivity contribution in [1.82, 2.24) is 5.32 Å². The molecule has 0 aromatic heterocycles. The fourth-order valence-corrected chi connectivity index (χ4v) is 2.85. The second kappa shape index (κ2) is 7.13. The highest BCUT2D eigenvalue weighted by Crippen LogP contribution is 2.32. The molecule has 0 heterocycles. The zero-order valence-corrected chi connectivity index (χ0v) is 12.5. The highest BCUT2D eigenvalue weighted by molar-refractivity contribution is 5.96. The van der Waals surface area contributed by atoms with E-state index in [4.69, 9.17) is 4.74 Å². The Bertz CT molecular complexity index is 514. The molecule has 0 bridgehead atoms. The fourth-order valence-electron chi connectivity index (χ4n) is 2.85. The maximum absolute atomic E-state index is 13.0. The number of hydrogen-bond donors (Lipinski definition) is 1. The van der Waals surface area contributed by atoms with Crippen molar-refractivity contribution in [2.75, 3.05) is 6.61 Å². The van der Waals surface area contributed by atoms with E-state index in [0.29, 0.717) is 6.61 Å². The van der Waals surface area contributed by atoms with Crippen LogP contribution in [0.4, 0.5) is 13.2 Å². The summed E-state index contributed by atoms with van der Waals surface area (Å²) in [6.07, 6.45) is -1.17. The van der Waals surface area contributed by atoms with Gasteiger partial charge in [-0.25, -0.2) is 0 Å². The summed E-state index contributed by atoms with van der Waals surface area (Å²) in [5.74, 6) is -0.690. The summed E-state index contributed by atoms with van der Waals surface area (Å²) in [6.45, 7) is 2.39. The first-order valence-electron chi connectivity index (χ1n) is 7.52. The van der Waals surface area contributed by atoms with Gasteiger partial charge in [0.05, 0.1) is 23.3 Å². The number of benzene rings is 1. The molecule has 0 spiro atoms. The quantitative estimate of drug-likeness (QED) is 0.918. The Morgan fingerprint density at radius 2 is 1.95 bits per heavy atom. The monoisotopic (exact) mass is 315 g/mol. The van der Waals surface area contributed by atoms with Crippen LogP contribution >= 0.6 is 0 Å². The largest absolute Gasteiger partial charge is 0.417 e. The third kappa shape index (κ3) is 4.00. The van der Waals surface area contributed by atoms with Gasteiger partial charge >= 0.3 is 6.18 Å². The van der Waals surface area contributed by atoms with Crippen molar-refractivity contribution < 1.29 is 22.7 Å². The number of hydrogen-bond acceptors (Lipinski definition) is 2. The van der Waals surface area contributed by atoms with E-state index < -0.39 is 17.6 Å². The minimum Gasteiger partial charge on any atom is -0.376 e. The van der Waals surface area contributed by atoms with Gasteiger partial charge in [-0.1, -0.05) is 25.0 Å². The molecule has 1 aromatic rings. The van der Waals surface area contributed by atoms with Crippen molar-refractivity contribution in [2.45, 2.75) is 50.9 Å². The minimum atomic E-state index is -4.54. The van der Waals surface area contributed by atoms with E-state index in [0.717, 1.165) is 31.7 Å². The molecule has 6 heteroatoms. The summed E-state index contributed by atoms with van der Waals surface area (Å²) in [5, 5.41) is 2.72. The van der Waals surface area contributed by atoms with Crippen LogP contribution in [0.5, 0.6) is 0 Å². The molecule has 1 amide bonds. The molecule has 1 N–H and O–H groups in total. The maximum Gasteiger partial charge on any atom is 0.417 e. The number of carbonyl (C=O) groups excluding carboxylic acids is 1. The average Bonchev–Trinajstić information content (AvgIpc) is 2.48. The van der Waals surface area contributed by atoms with Gasteiger partial charge in [-0.15, -0.1) is 0 Å². The number of halogens is 3. The Morgan fingerprint density at radius 3 is 2.64 bits per heavy atom. The van der Waals surface area contributed by atoms with Gasteiger partial charge in [0.25, 0.3) is 5.91 Å². The lowest BCUT2D eigenvalue weighted by atomic mass is 9.92. The first-order chi connectivity index (χ1) is 10.4. The predicted octanol–water partition coefficient (Wildman–Crippen LogP) is 3.78. The van der Waals surface area contributed by atoms with Crippen LogP contribution in [0.3, 0.4) is 0 Å². The van der Waals surface area contributed by atoms with Crippen molar-refractivity contribution >= 4 is 5.91 Å². The molecular weight excluding hydrogens is 295 g/mol. The lowest BCUT2D eigenvalue weighted by Gasteiger charge is -2.32. The molecular formula is C16H20F3NO2. The number of ether oxygens (including phenoxy) is 1. The van der Waals surface area contributed by atoms with Gasteiger partial charge in [0.2, 0.25) is 0 Å². The third-order valence-electron chi connectivity index (χ3n) is 3.88. The molecule has 0 radical (unpaired) electrons. The smallest absolute Gasteiger partial charge is 0.376 e. The summed E-state index contributed by atoms with van der Waals surface area (Å²) in [4.78, 5) is 12.3. The van der Waals surface area contributed by atoms with E-state index in [2.05, 4.69) is 5.32 Å². The summed E-state index contributed by atoms with van der Waals surface area (Å²) in [5.41, 5.74) is -1.24. The first-order valence-corrected chi connectivity index (χ1v) is 7.52. The summed E-state index contributed by atoms with van der Waals surface area (Å²) < 4.78 is 44.5. The molecule has 2 atom stereocenters. The van der Waals surface area contributed by atoms with Crippen LogP contribution in [0.15, 0.2) is 24.3 Å². The second-order valence-corrected chi connectivity index (χ2v) is 5.40. The van der Waals surface area contributed by atoms with Gasteiger partial charge in [0.1, 0.15) is 0 Å². The van der Waals surface area contributed by atoms with E-state index >= 15 is 0 Å². The number of rotatable bonds is 4. The Hall–Kier alpha value is -1.56. The summed E-state index contributed by atoms with van der Waals surface area (Å²) in [7, 11) is 0. The molecule has 0 unspecified atom stereocenters. The van der Waals surface area contributed by atoms with Crippen molar-refractivity contribution in [3.05, 3.63) is 35.4 Å². The lowest BCUT2D eigenvalue weighted by molar-refractivity contribution is -0.137. The Labute approximate surface area is 127 Å². The van der Waals surface area contributed by atoms with Gasteiger partial charge < -0.3 is 10.1 Å². The van der Waals surface area contributed by atoms with Crippen molar-refractivity contribution in [3.63, 3.8) is 0 Å². The Morgan fingerprint density at radius 1 is 1.27 bits per heavy atom. The fraction of sp³-hybridized carbons (Fsp3) is 0.562. The predicted molar refractivity (Wildman–Crippen MR) is 76.6 cm³/mol. The average molecular weight is 315 g/mol. The number of nitrogens with one attached hydrogen (secondary N) is 1. The van der Waals surface area contributed by atoms with Crippen LogP contribution in [0.1, 0.15) is 48.5 Å². The van der Waals surface area contributed by atoms with Gasteiger partial charge in [0.15, 0.2) is 0 Å². The molecule has 3 nitrogen and oxygen atoms in total. The Balaban J connectivity index is 2.15. The normalized spacial score (nSPS) is 22.4. The molecule has 1 saturated carbocycles. The zero-order chi connectivity index (χ0) is 16.2. The van der Waals surface area contributed by atoms with Gasteiger partial charge in [-0.2, -0.15) is 13.2 Å². The van der Waals surface area contributed by atoms with Crippen LogP contribution in [-0.4, -0.2) is 24.7 Å². The van der Waals surface area contributed by atoms with E-state index in [-0.39, 0.29) is 17.7 Å². The number of carbonyl (C=O) groups is 1. The maximum atomic E-state index is 13.0. The van der Waals surface area contributed by atoms with Gasteiger partial charge in [-0.3, -0.25) is 4.79 Å². The summed E-state index contributed by atoms with van der Waals surface area (Å²) >= 11 is 0. The molecule has 0 aliphatic heterocycles. The highest BCUT2D eigenvalue weighted by atomic mass is 19.4. The van der Waals surface area contributed by atoms with Crippen molar-refractivity contribution in [2.24, 2.45) is 0 Å². The van der Waals surface area contributed by atoms with E-state index in [1.807, 2.05) is 6.92 Å². The van der Waals surface area contributed by atoms with Crippen LogP contribution in [0.2, 0.25) is 0 Å². The van der Waals surface area contributed by atoms with Crippen LogP contribution in [-0.2, 0) is 10.9 Å². The third-order valence-corrected chi connectivity index (χ3v) is 3.88.